The fourth-order valence-corrected chi connectivity index (χ4v) is 3.60. The van der Waals surface area contributed by atoms with Gasteiger partial charge in [-0.05, 0) is 38.8 Å². The van der Waals surface area contributed by atoms with Gasteiger partial charge in [-0.1, -0.05) is 0 Å². The highest BCUT2D eigenvalue weighted by molar-refractivity contribution is 5.95. The molecule has 0 aliphatic carbocycles. The Morgan fingerprint density at radius 3 is 2.96 bits per heavy atom. The predicted molar refractivity (Wildman–Crippen MR) is 94.3 cm³/mol. The van der Waals surface area contributed by atoms with Crippen LogP contribution in [0.1, 0.15) is 42.2 Å². The van der Waals surface area contributed by atoms with Gasteiger partial charge in [0.25, 0.3) is 0 Å². The number of ether oxygens (including phenoxy) is 1. The lowest BCUT2D eigenvalue weighted by Gasteiger charge is -2.28. The second kappa shape index (κ2) is 5.88. The average molecular weight is 337 g/mol. The number of benzene rings is 1. The summed E-state index contributed by atoms with van der Waals surface area (Å²) in [5.41, 5.74) is 2.87. The summed E-state index contributed by atoms with van der Waals surface area (Å²) >= 11 is 0. The molecule has 0 bridgehead atoms. The molecule has 1 aliphatic rings. The highest BCUT2D eigenvalue weighted by Crippen LogP contribution is 2.33. The summed E-state index contributed by atoms with van der Waals surface area (Å²) in [4.78, 5) is 29.2. The highest BCUT2D eigenvalue weighted by Gasteiger charge is 2.25. The molecule has 0 saturated carbocycles. The van der Waals surface area contributed by atoms with Gasteiger partial charge >= 0.3 is 5.97 Å². The number of rotatable bonds is 3. The fourth-order valence-electron chi connectivity index (χ4n) is 3.60. The third kappa shape index (κ3) is 2.36. The van der Waals surface area contributed by atoms with Gasteiger partial charge in [-0.25, -0.2) is 9.78 Å². The van der Waals surface area contributed by atoms with Crippen molar-refractivity contribution in [3.05, 3.63) is 58.4 Å². The summed E-state index contributed by atoms with van der Waals surface area (Å²) in [6, 6.07) is 3.94. The van der Waals surface area contributed by atoms with Gasteiger partial charge in [-0.3, -0.25) is 4.79 Å². The number of carbonyl (C=O) groups is 1. The molecule has 0 spiro atoms. The Kier molecular flexibility index (Phi) is 3.67. The first-order valence-corrected chi connectivity index (χ1v) is 8.48. The molecule has 1 aromatic carbocycles. The largest absolute Gasteiger partial charge is 0.462 e. The molecule has 0 fully saturated rings. The van der Waals surface area contributed by atoms with Crippen LogP contribution in [0.15, 0.2) is 41.8 Å². The van der Waals surface area contributed by atoms with Gasteiger partial charge in [0, 0.05) is 35.6 Å². The first-order valence-electron chi connectivity index (χ1n) is 8.48. The van der Waals surface area contributed by atoms with Crippen LogP contribution >= 0.6 is 0 Å². The molecular weight excluding hydrogens is 318 g/mol. The minimum absolute atomic E-state index is 0.101. The van der Waals surface area contributed by atoms with Crippen molar-refractivity contribution in [3.63, 3.8) is 0 Å². The van der Waals surface area contributed by atoms with Gasteiger partial charge in [0.05, 0.1) is 24.1 Å². The van der Waals surface area contributed by atoms with E-state index in [4.69, 9.17) is 4.74 Å². The Labute approximate surface area is 144 Å². The maximum atomic E-state index is 12.9. The maximum Gasteiger partial charge on any atom is 0.343 e. The van der Waals surface area contributed by atoms with Crippen LogP contribution in [0, 0.1) is 0 Å². The molecule has 0 radical (unpaired) electrons. The SMILES string of the molecule is CCOC(=O)c1cn2c3c(c(-n4ccnc4)ccc3c1=O)CCC2C. The normalized spacial score (nSPS) is 16.2. The van der Waals surface area contributed by atoms with Crippen molar-refractivity contribution in [3.8, 4) is 5.69 Å². The standard InChI is InChI=1S/C19H19N3O3/c1-3-25-19(24)15-10-22-12(2)4-5-13-16(21-9-8-20-11-21)7-6-14(17(13)22)18(15)23/h6-12H,3-5H2,1-2H3. The Morgan fingerprint density at radius 2 is 2.24 bits per heavy atom. The summed E-state index contributed by atoms with van der Waals surface area (Å²) < 4.78 is 9.06. The van der Waals surface area contributed by atoms with E-state index in [9.17, 15) is 9.59 Å². The number of carbonyl (C=O) groups excluding carboxylic acids is 1. The molecule has 4 rings (SSSR count). The summed E-state index contributed by atoms with van der Waals surface area (Å²) in [5.74, 6) is -0.559. The summed E-state index contributed by atoms with van der Waals surface area (Å²) in [5, 5.41) is 0.566. The van der Waals surface area contributed by atoms with Crippen LogP contribution < -0.4 is 5.43 Å². The minimum Gasteiger partial charge on any atom is -0.462 e. The van der Waals surface area contributed by atoms with Crippen LogP contribution in [-0.2, 0) is 11.2 Å². The zero-order valence-corrected chi connectivity index (χ0v) is 14.2. The van der Waals surface area contributed by atoms with Crippen LogP contribution in [0.2, 0.25) is 0 Å². The summed E-state index contributed by atoms with van der Waals surface area (Å²) in [6.07, 6.45) is 8.87. The van der Waals surface area contributed by atoms with E-state index < -0.39 is 5.97 Å². The molecule has 2 aromatic heterocycles. The topological polar surface area (TPSA) is 66.1 Å². The first kappa shape index (κ1) is 15.6. The van der Waals surface area contributed by atoms with Crippen molar-refractivity contribution in [2.24, 2.45) is 0 Å². The van der Waals surface area contributed by atoms with Gasteiger partial charge in [-0.2, -0.15) is 0 Å². The Hall–Kier alpha value is -2.89. The number of aromatic nitrogens is 3. The van der Waals surface area contributed by atoms with Crippen LogP contribution in [0.3, 0.4) is 0 Å². The number of nitrogens with zero attached hydrogens (tertiary/aromatic N) is 3. The Morgan fingerprint density at radius 1 is 1.40 bits per heavy atom. The Bertz CT molecular complexity index is 1020. The average Bonchev–Trinajstić information content (AvgIpc) is 3.14. The van der Waals surface area contributed by atoms with Gasteiger partial charge in [0.2, 0.25) is 5.43 Å². The number of imidazole rings is 1. The molecule has 0 amide bonds. The van der Waals surface area contributed by atoms with E-state index in [1.807, 2.05) is 21.4 Å². The molecule has 3 aromatic rings. The zero-order valence-electron chi connectivity index (χ0n) is 14.2. The Balaban J connectivity index is 2.04. The minimum atomic E-state index is -0.559. The van der Waals surface area contributed by atoms with E-state index in [1.165, 1.54) is 0 Å². The molecule has 25 heavy (non-hydrogen) atoms. The quantitative estimate of drug-likeness (QED) is 0.689. The third-order valence-electron chi connectivity index (χ3n) is 4.84. The lowest BCUT2D eigenvalue weighted by molar-refractivity contribution is 0.0524. The smallest absolute Gasteiger partial charge is 0.343 e. The summed E-state index contributed by atoms with van der Waals surface area (Å²) in [7, 11) is 0. The summed E-state index contributed by atoms with van der Waals surface area (Å²) in [6.45, 7) is 4.08. The van der Waals surface area contributed by atoms with Crippen LogP contribution in [0.25, 0.3) is 16.6 Å². The van der Waals surface area contributed by atoms with Gasteiger partial charge < -0.3 is 13.9 Å². The molecule has 6 nitrogen and oxygen atoms in total. The second-order valence-corrected chi connectivity index (χ2v) is 6.32. The lowest BCUT2D eigenvalue weighted by Crippen LogP contribution is -2.25. The molecule has 1 aliphatic heterocycles. The number of hydrogen-bond donors (Lipinski definition) is 0. The number of pyridine rings is 1. The molecule has 3 heterocycles. The molecule has 1 unspecified atom stereocenters. The van der Waals surface area contributed by atoms with E-state index in [0.717, 1.165) is 29.6 Å². The first-order chi connectivity index (χ1) is 12.1. The van der Waals surface area contributed by atoms with Crippen molar-refractivity contribution in [1.29, 1.82) is 0 Å². The molecule has 0 N–H and O–H groups in total. The van der Waals surface area contributed by atoms with Gasteiger partial charge in [-0.15, -0.1) is 0 Å². The second-order valence-electron chi connectivity index (χ2n) is 6.32. The fraction of sp³-hybridized carbons (Fsp3) is 0.316. The number of aryl methyl sites for hydroxylation is 1. The van der Waals surface area contributed by atoms with E-state index in [-0.39, 0.29) is 23.6 Å². The van der Waals surface area contributed by atoms with Crippen LogP contribution in [-0.4, -0.2) is 26.7 Å². The van der Waals surface area contributed by atoms with Crippen LogP contribution in [0.4, 0.5) is 0 Å². The lowest BCUT2D eigenvalue weighted by atomic mass is 9.94. The van der Waals surface area contributed by atoms with E-state index in [1.54, 1.807) is 31.7 Å². The monoisotopic (exact) mass is 337 g/mol. The van der Waals surface area contributed by atoms with Crippen molar-refractivity contribution < 1.29 is 9.53 Å². The van der Waals surface area contributed by atoms with Gasteiger partial charge in [0.1, 0.15) is 5.56 Å². The highest BCUT2D eigenvalue weighted by atomic mass is 16.5. The molecule has 128 valence electrons. The van der Waals surface area contributed by atoms with Crippen molar-refractivity contribution >= 4 is 16.9 Å². The number of esters is 1. The van der Waals surface area contributed by atoms with Gasteiger partial charge in [0.15, 0.2) is 0 Å². The van der Waals surface area contributed by atoms with Crippen molar-refractivity contribution in [2.45, 2.75) is 32.7 Å². The molecule has 0 saturated heterocycles. The number of hydrogen-bond acceptors (Lipinski definition) is 4. The van der Waals surface area contributed by atoms with Crippen LogP contribution in [0.5, 0.6) is 0 Å². The van der Waals surface area contributed by atoms with E-state index in [0.29, 0.717) is 5.39 Å². The maximum absolute atomic E-state index is 12.9. The van der Waals surface area contributed by atoms with Crippen molar-refractivity contribution in [1.82, 2.24) is 14.1 Å². The van der Waals surface area contributed by atoms with E-state index >= 15 is 0 Å². The third-order valence-corrected chi connectivity index (χ3v) is 4.84. The molecule has 1 atom stereocenters. The molecule has 6 heteroatoms. The predicted octanol–water partition coefficient (Wildman–Crippen LogP) is 2.87. The van der Waals surface area contributed by atoms with E-state index in [2.05, 4.69) is 11.9 Å². The zero-order chi connectivity index (χ0) is 17.6. The van der Waals surface area contributed by atoms with Crippen molar-refractivity contribution in [2.75, 3.05) is 6.61 Å². The molecular formula is C19H19N3O3.